The van der Waals surface area contributed by atoms with Crippen molar-refractivity contribution in [2.75, 3.05) is 20.3 Å². The number of piperidine rings is 1. The first-order chi connectivity index (χ1) is 10.2. The number of nitrogens with zero attached hydrogens (tertiary/aromatic N) is 1. The van der Waals surface area contributed by atoms with Gasteiger partial charge in [0.15, 0.2) is 0 Å². The summed E-state index contributed by atoms with van der Waals surface area (Å²) in [7, 11) is 1.36. The Morgan fingerprint density at radius 1 is 1.24 bits per heavy atom. The average Bonchev–Trinajstić information content (AvgIpc) is 2.54. The van der Waals surface area contributed by atoms with Crippen molar-refractivity contribution in [1.29, 1.82) is 0 Å². The number of hydrogen-bond acceptors (Lipinski definition) is 4. The van der Waals surface area contributed by atoms with Gasteiger partial charge in [-0.25, -0.2) is 4.79 Å². The van der Waals surface area contributed by atoms with E-state index in [1.807, 2.05) is 6.92 Å². The minimum atomic E-state index is -0.470. The summed E-state index contributed by atoms with van der Waals surface area (Å²) in [5, 5.41) is 0. The lowest BCUT2D eigenvalue weighted by atomic mass is 10.0. The van der Waals surface area contributed by atoms with Crippen LogP contribution in [0.5, 0.6) is 5.75 Å². The summed E-state index contributed by atoms with van der Waals surface area (Å²) in [6.45, 7) is 3.09. The number of benzene rings is 1. The number of hydrogen-bond donors (Lipinski definition) is 0. The molecular formula is C16H21NO4. The molecular weight excluding hydrogens is 270 g/mol. The molecule has 0 unspecified atom stereocenters. The Kier molecular flexibility index (Phi) is 5.20. The van der Waals surface area contributed by atoms with E-state index in [1.54, 1.807) is 29.2 Å². The lowest BCUT2D eigenvalue weighted by Crippen LogP contribution is -2.48. The monoisotopic (exact) mass is 291 g/mol. The second-order valence-electron chi connectivity index (χ2n) is 4.99. The molecule has 1 aliphatic heterocycles. The zero-order valence-corrected chi connectivity index (χ0v) is 12.5. The van der Waals surface area contributed by atoms with Crippen molar-refractivity contribution in [1.82, 2.24) is 4.90 Å². The zero-order valence-electron chi connectivity index (χ0n) is 12.5. The van der Waals surface area contributed by atoms with Crippen LogP contribution in [0.25, 0.3) is 0 Å². The molecule has 0 bridgehead atoms. The van der Waals surface area contributed by atoms with Crippen LogP contribution in [0.2, 0.25) is 0 Å². The molecule has 1 fully saturated rings. The Bertz CT molecular complexity index is 498. The molecule has 1 amide bonds. The normalized spacial score (nSPS) is 18.2. The SMILES string of the molecule is CCOc1ccc(C(=O)N2CCCC[C@@H]2C(=O)OC)cc1. The summed E-state index contributed by atoms with van der Waals surface area (Å²) in [6, 6.07) is 6.54. The standard InChI is InChI=1S/C16H21NO4/c1-3-21-13-9-7-12(8-10-13)15(18)17-11-5-4-6-14(17)16(19)20-2/h7-10,14H,3-6,11H2,1-2H3/t14-/m1/s1. The first-order valence-electron chi connectivity index (χ1n) is 7.29. The van der Waals surface area contributed by atoms with Gasteiger partial charge in [-0.05, 0) is 50.5 Å². The highest BCUT2D eigenvalue weighted by atomic mass is 16.5. The van der Waals surface area contributed by atoms with Crippen molar-refractivity contribution in [3.8, 4) is 5.75 Å². The highest BCUT2D eigenvalue weighted by Gasteiger charge is 2.33. The molecule has 1 atom stereocenters. The molecule has 0 radical (unpaired) electrons. The van der Waals surface area contributed by atoms with Gasteiger partial charge in [0.2, 0.25) is 0 Å². The van der Waals surface area contributed by atoms with Gasteiger partial charge in [-0.3, -0.25) is 4.79 Å². The van der Waals surface area contributed by atoms with Crippen LogP contribution < -0.4 is 4.74 Å². The van der Waals surface area contributed by atoms with E-state index in [1.165, 1.54) is 7.11 Å². The van der Waals surface area contributed by atoms with E-state index in [2.05, 4.69) is 0 Å². The summed E-state index contributed by atoms with van der Waals surface area (Å²) in [4.78, 5) is 26.0. The molecule has 2 rings (SSSR count). The number of methoxy groups -OCH3 is 1. The molecule has 1 heterocycles. The summed E-state index contributed by atoms with van der Waals surface area (Å²) in [5.74, 6) is 0.263. The van der Waals surface area contributed by atoms with Crippen LogP contribution in [0.15, 0.2) is 24.3 Å². The molecule has 1 aromatic rings. The number of carbonyl (C=O) groups is 2. The van der Waals surface area contributed by atoms with E-state index in [9.17, 15) is 9.59 Å². The Labute approximate surface area is 124 Å². The number of ether oxygens (including phenoxy) is 2. The number of rotatable bonds is 4. The van der Waals surface area contributed by atoms with Gasteiger partial charge in [0.1, 0.15) is 11.8 Å². The molecule has 5 nitrogen and oxygen atoms in total. The van der Waals surface area contributed by atoms with Gasteiger partial charge < -0.3 is 14.4 Å². The lowest BCUT2D eigenvalue weighted by molar-refractivity contribution is -0.147. The molecule has 1 saturated heterocycles. The molecule has 21 heavy (non-hydrogen) atoms. The summed E-state index contributed by atoms with van der Waals surface area (Å²) in [5.41, 5.74) is 0.564. The Balaban J connectivity index is 2.14. The Morgan fingerprint density at radius 2 is 1.95 bits per heavy atom. The van der Waals surface area contributed by atoms with Gasteiger partial charge >= 0.3 is 5.97 Å². The Hall–Kier alpha value is -2.04. The van der Waals surface area contributed by atoms with Crippen LogP contribution >= 0.6 is 0 Å². The van der Waals surface area contributed by atoms with Crippen molar-refractivity contribution in [3.05, 3.63) is 29.8 Å². The van der Waals surface area contributed by atoms with Crippen molar-refractivity contribution in [3.63, 3.8) is 0 Å². The fourth-order valence-corrected chi connectivity index (χ4v) is 2.58. The summed E-state index contributed by atoms with van der Waals surface area (Å²) < 4.78 is 10.2. The van der Waals surface area contributed by atoms with Crippen LogP contribution in [0.1, 0.15) is 36.5 Å². The van der Waals surface area contributed by atoms with Gasteiger partial charge in [0.25, 0.3) is 5.91 Å². The van der Waals surface area contributed by atoms with E-state index >= 15 is 0 Å². The minimum absolute atomic E-state index is 0.131. The number of likely N-dealkylation sites (tertiary alicyclic amines) is 1. The van der Waals surface area contributed by atoms with Gasteiger partial charge in [0, 0.05) is 12.1 Å². The predicted molar refractivity (Wildman–Crippen MR) is 78.3 cm³/mol. The fourth-order valence-electron chi connectivity index (χ4n) is 2.58. The fraction of sp³-hybridized carbons (Fsp3) is 0.500. The van der Waals surface area contributed by atoms with Crippen molar-refractivity contribution in [2.24, 2.45) is 0 Å². The minimum Gasteiger partial charge on any atom is -0.494 e. The molecule has 0 saturated carbocycles. The van der Waals surface area contributed by atoms with Gasteiger partial charge in [0.05, 0.1) is 13.7 Å². The number of carbonyl (C=O) groups excluding carboxylic acids is 2. The van der Waals surface area contributed by atoms with Gasteiger partial charge in [-0.2, -0.15) is 0 Å². The van der Waals surface area contributed by atoms with Crippen LogP contribution in [0.4, 0.5) is 0 Å². The molecule has 0 N–H and O–H groups in total. The lowest BCUT2D eigenvalue weighted by Gasteiger charge is -2.33. The first-order valence-corrected chi connectivity index (χ1v) is 7.29. The number of esters is 1. The summed E-state index contributed by atoms with van der Waals surface area (Å²) in [6.07, 6.45) is 2.51. The molecule has 1 aliphatic rings. The highest BCUT2D eigenvalue weighted by Crippen LogP contribution is 2.21. The summed E-state index contributed by atoms with van der Waals surface area (Å²) >= 11 is 0. The van der Waals surface area contributed by atoms with Crippen LogP contribution in [0, 0.1) is 0 Å². The predicted octanol–water partition coefficient (Wildman–Crippen LogP) is 2.25. The molecule has 114 valence electrons. The van der Waals surface area contributed by atoms with E-state index < -0.39 is 6.04 Å². The molecule has 1 aromatic carbocycles. The van der Waals surface area contributed by atoms with Crippen LogP contribution in [-0.2, 0) is 9.53 Å². The third-order valence-electron chi connectivity index (χ3n) is 3.65. The topological polar surface area (TPSA) is 55.8 Å². The molecule has 0 aliphatic carbocycles. The molecule has 0 spiro atoms. The second kappa shape index (κ2) is 7.11. The number of amides is 1. The van der Waals surface area contributed by atoms with Crippen LogP contribution in [0.3, 0.4) is 0 Å². The average molecular weight is 291 g/mol. The molecule has 0 aromatic heterocycles. The van der Waals surface area contributed by atoms with Crippen molar-refractivity contribution in [2.45, 2.75) is 32.2 Å². The molecule has 5 heteroatoms. The van der Waals surface area contributed by atoms with E-state index in [0.717, 1.165) is 18.6 Å². The maximum atomic E-state index is 12.6. The van der Waals surface area contributed by atoms with Gasteiger partial charge in [-0.1, -0.05) is 0 Å². The third kappa shape index (κ3) is 3.54. The second-order valence-corrected chi connectivity index (χ2v) is 4.99. The largest absolute Gasteiger partial charge is 0.494 e. The van der Waals surface area contributed by atoms with Gasteiger partial charge in [-0.15, -0.1) is 0 Å². The highest BCUT2D eigenvalue weighted by molar-refractivity contribution is 5.97. The van der Waals surface area contributed by atoms with E-state index in [4.69, 9.17) is 9.47 Å². The maximum Gasteiger partial charge on any atom is 0.328 e. The third-order valence-corrected chi connectivity index (χ3v) is 3.65. The van der Waals surface area contributed by atoms with E-state index in [0.29, 0.717) is 25.1 Å². The van der Waals surface area contributed by atoms with Crippen LogP contribution in [-0.4, -0.2) is 43.1 Å². The Morgan fingerprint density at radius 3 is 2.57 bits per heavy atom. The van der Waals surface area contributed by atoms with Crippen molar-refractivity contribution < 1.29 is 19.1 Å². The zero-order chi connectivity index (χ0) is 15.2. The smallest absolute Gasteiger partial charge is 0.328 e. The van der Waals surface area contributed by atoms with Crippen molar-refractivity contribution >= 4 is 11.9 Å². The maximum absolute atomic E-state index is 12.6. The quantitative estimate of drug-likeness (QED) is 0.798. The van der Waals surface area contributed by atoms with E-state index in [-0.39, 0.29) is 11.9 Å². The first kappa shape index (κ1) is 15.4.